The van der Waals surface area contributed by atoms with E-state index in [9.17, 15) is 4.79 Å². The molecule has 108 valence electrons. The van der Waals surface area contributed by atoms with Crippen molar-refractivity contribution in [3.05, 3.63) is 60.4 Å². The molecule has 3 N–H and O–H groups in total. The van der Waals surface area contributed by atoms with E-state index < -0.39 is 0 Å². The monoisotopic (exact) mass is 283 g/mol. The van der Waals surface area contributed by atoms with E-state index in [1.54, 1.807) is 10.9 Å². The fraction of sp³-hybridized carbons (Fsp3) is 0.133. The minimum atomic E-state index is -0.214. The molecule has 0 unspecified atom stereocenters. The number of rotatable bonds is 5. The molecule has 0 aliphatic heterocycles. The summed E-state index contributed by atoms with van der Waals surface area (Å²) >= 11 is 0. The first-order valence-corrected chi connectivity index (χ1v) is 6.48. The van der Waals surface area contributed by atoms with Gasteiger partial charge >= 0.3 is 0 Å². The van der Waals surface area contributed by atoms with Crippen LogP contribution >= 0.6 is 0 Å². The Hall–Kier alpha value is -2.89. The first-order valence-electron chi connectivity index (χ1n) is 6.48. The van der Waals surface area contributed by atoms with Crippen molar-refractivity contribution in [2.24, 2.45) is 7.05 Å². The van der Waals surface area contributed by atoms with Gasteiger partial charge in [0.2, 0.25) is 5.91 Å². The summed E-state index contributed by atoms with van der Waals surface area (Å²) in [6.07, 6.45) is 5.10. The molecule has 0 saturated heterocycles. The van der Waals surface area contributed by atoms with Crippen molar-refractivity contribution in [2.45, 2.75) is 6.42 Å². The lowest BCUT2D eigenvalue weighted by Crippen LogP contribution is -2.29. The number of carbonyl (C=O) groups is 1. The highest BCUT2D eigenvalue weighted by Gasteiger charge is 2.03. The molecule has 0 aliphatic rings. The number of nitrogens with zero attached hydrogens (tertiary/aromatic N) is 2. The molecule has 21 heavy (non-hydrogen) atoms. The van der Waals surface area contributed by atoms with Gasteiger partial charge in [-0.25, -0.2) is 0 Å². The molecule has 0 bridgehead atoms. The first-order chi connectivity index (χ1) is 10.1. The van der Waals surface area contributed by atoms with Crippen LogP contribution in [0.4, 0.5) is 5.82 Å². The fourth-order valence-corrected chi connectivity index (χ4v) is 1.72. The number of anilines is 1. The molecule has 0 aliphatic carbocycles. The average Bonchev–Trinajstić information content (AvgIpc) is 2.85. The van der Waals surface area contributed by atoms with Crippen LogP contribution in [0.25, 0.3) is 0 Å². The molecular weight excluding hydrogens is 266 g/mol. The Morgan fingerprint density at radius 2 is 2.10 bits per heavy atom. The maximum absolute atomic E-state index is 11.7. The van der Waals surface area contributed by atoms with Gasteiger partial charge in [0.25, 0.3) is 0 Å². The minimum Gasteiger partial charge on any atom is -0.345 e. The summed E-state index contributed by atoms with van der Waals surface area (Å²) in [6.45, 7) is 0. The quantitative estimate of drug-likeness (QED) is 0.576. The summed E-state index contributed by atoms with van der Waals surface area (Å²) in [5, 5.41) is 17.2. The highest BCUT2D eigenvalue weighted by molar-refractivity contribution is 6.03. The van der Waals surface area contributed by atoms with Gasteiger partial charge in [-0.15, -0.1) is 0 Å². The van der Waals surface area contributed by atoms with Gasteiger partial charge < -0.3 is 10.6 Å². The predicted octanol–water partition coefficient (Wildman–Crippen LogP) is 1.68. The van der Waals surface area contributed by atoms with Crippen LogP contribution in [0.1, 0.15) is 5.56 Å². The van der Waals surface area contributed by atoms with E-state index in [0.717, 1.165) is 5.56 Å². The van der Waals surface area contributed by atoms with Gasteiger partial charge in [0.05, 0.1) is 6.42 Å². The Morgan fingerprint density at radius 3 is 2.76 bits per heavy atom. The molecule has 2 rings (SSSR count). The van der Waals surface area contributed by atoms with Crippen molar-refractivity contribution in [1.29, 1.82) is 5.41 Å². The van der Waals surface area contributed by atoms with E-state index in [0.29, 0.717) is 5.82 Å². The summed E-state index contributed by atoms with van der Waals surface area (Å²) in [7, 11) is 1.82. The first kappa shape index (κ1) is 14.5. The number of benzene rings is 1. The second kappa shape index (κ2) is 7.04. The van der Waals surface area contributed by atoms with E-state index in [4.69, 9.17) is 5.41 Å². The van der Waals surface area contributed by atoms with Crippen LogP contribution in [-0.4, -0.2) is 21.5 Å². The number of hydrogen-bond donors (Lipinski definition) is 3. The molecule has 1 amide bonds. The maximum Gasteiger partial charge on any atom is 0.229 e. The van der Waals surface area contributed by atoms with Crippen LogP contribution in [0.5, 0.6) is 0 Å². The topological polar surface area (TPSA) is 82.8 Å². The molecule has 6 heteroatoms. The molecule has 1 aromatic heterocycles. The number of nitrogens with one attached hydrogen (secondary N) is 3. The van der Waals surface area contributed by atoms with E-state index in [2.05, 4.69) is 15.7 Å². The number of aromatic nitrogens is 2. The molecule has 0 saturated carbocycles. The number of amidine groups is 1. The van der Waals surface area contributed by atoms with Crippen LogP contribution in [0.15, 0.2) is 54.9 Å². The third-order valence-electron chi connectivity index (χ3n) is 2.68. The Morgan fingerprint density at radius 1 is 1.33 bits per heavy atom. The lowest BCUT2D eigenvalue weighted by atomic mass is 10.1. The van der Waals surface area contributed by atoms with Crippen molar-refractivity contribution in [3.63, 3.8) is 0 Å². The van der Waals surface area contributed by atoms with Gasteiger partial charge in [-0.05, 0) is 11.6 Å². The van der Waals surface area contributed by atoms with Crippen molar-refractivity contribution < 1.29 is 4.79 Å². The van der Waals surface area contributed by atoms with Crippen molar-refractivity contribution in [1.82, 2.24) is 15.1 Å². The second-order valence-electron chi connectivity index (χ2n) is 4.48. The number of aryl methyl sites for hydroxylation is 1. The summed E-state index contributed by atoms with van der Waals surface area (Å²) in [6, 6.07) is 11.2. The maximum atomic E-state index is 11.7. The van der Waals surface area contributed by atoms with Gasteiger partial charge in [-0.3, -0.25) is 14.9 Å². The third-order valence-corrected chi connectivity index (χ3v) is 2.68. The standard InChI is InChI=1S/C15H17N5O/c1-20-10-8-14(19-20)17-9-7-13(16)18-15(21)11-12-5-3-2-4-6-12/h2-10H,11H2,1H3,(H,17,19)(H2,16,18,21)/b9-7-. The van der Waals surface area contributed by atoms with Gasteiger partial charge in [-0.2, -0.15) is 5.10 Å². The number of carbonyl (C=O) groups excluding carboxylic acids is 1. The number of amides is 1. The van der Waals surface area contributed by atoms with Crippen LogP contribution in [0, 0.1) is 5.41 Å². The molecule has 1 heterocycles. The van der Waals surface area contributed by atoms with E-state index >= 15 is 0 Å². The second-order valence-corrected chi connectivity index (χ2v) is 4.48. The van der Waals surface area contributed by atoms with Gasteiger partial charge in [0.15, 0.2) is 5.82 Å². The van der Waals surface area contributed by atoms with E-state index in [1.807, 2.05) is 49.6 Å². The molecule has 6 nitrogen and oxygen atoms in total. The zero-order chi connectivity index (χ0) is 15.1. The minimum absolute atomic E-state index is 0.0272. The van der Waals surface area contributed by atoms with Gasteiger partial charge in [-0.1, -0.05) is 30.3 Å². The SMILES string of the molecule is Cn1ccc(N/C=C\C(=N)NC(=O)Cc2ccccc2)n1. The van der Waals surface area contributed by atoms with Crippen LogP contribution < -0.4 is 10.6 Å². The normalized spacial score (nSPS) is 10.5. The molecular formula is C15H17N5O. The largest absolute Gasteiger partial charge is 0.345 e. The summed E-state index contributed by atoms with van der Waals surface area (Å²) in [5.74, 6) is 0.491. The Bertz CT molecular complexity index is 645. The van der Waals surface area contributed by atoms with Crippen LogP contribution in [0.2, 0.25) is 0 Å². The van der Waals surface area contributed by atoms with Crippen LogP contribution in [-0.2, 0) is 18.3 Å². The lowest BCUT2D eigenvalue weighted by molar-refractivity contribution is -0.119. The summed E-state index contributed by atoms with van der Waals surface area (Å²) < 4.78 is 1.67. The highest BCUT2D eigenvalue weighted by atomic mass is 16.1. The third kappa shape index (κ3) is 4.94. The van der Waals surface area contributed by atoms with Crippen molar-refractivity contribution >= 4 is 17.6 Å². The highest BCUT2D eigenvalue weighted by Crippen LogP contribution is 2.00. The molecule has 0 fully saturated rings. The van der Waals surface area contributed by atoms with Gasteiger partial charge in [0, 0.05) is 25.5 Å². The van der Waals surface area contributed by atoms with E-state index in [1.165, 1.54) is 6.08 Å². The molecule has 0 atom stereocenters. The van der Waals surface area contributed by atoms with Crippen molar-refractivity contribution in [3.8, 4) is 0 Å². The number of hydrogen-bond acceptors (Lipinski definition) is 4. The molecule has 1 aromatic carbocycles. The summed E-state index contributed by atoms with van der Waals surface area (Å²) in [5.41, 5.74) is 0.915. The van der Waals surface area contributed by atoms with Crippen molar-refractivity contribution in [2.75, 3.05) is 5.32 Å². The Balaban J connectivity index is 1.77. The molecule has 0 spiro atoms. The van der Waals surface area contributed by atoms with Crippen LogP contribution in [0.3, 0.4) is 0 Å². The lowest BCUT2D eigenvalue weighted by Gasteiger charge is -2.03. The van der Waals surface area contributed by atoms with E-state index in [-0.39, 0.29) is 18.2 Å². The average molecular weight is 283 g/mol. The zero-order valence-electron chi connectivity index (χ0n) is 11.7. The fourth-order valence-electron chi connectivity index (χ4n) is 1.72. The van der Waals surface area contributed by atoms with Gasteiger partial charge in [0.1, 0.15) is 5.84 Å². The Labute approximate surface area is 123 Å². The molecule has 0 radical (unpaired) electrons. The summed E-state index contributed by atoms with van der Waals surface area (Å²) in [4.78, 5) is 11.7. The predicted molar refractivity (Wildman–Crippen MR) is 82.0 cm³/mol. The Kier molecular flexibility index (Phi) is 4.87. The smallest absolute Gasteiger partial charge is 0.229 e. The zero-order valence-corrected chi connectivity index (χ0v) is 11.7. The molecule has 2 aromatic rings.